The summed E-state index contributed by atoms with van der Waals surface area (Å²) in [5.74, 6) is -0.657. The van der Waals surface area contributed by atoms with Crippen LogP contribution in [0.3, 0.4) is 0 Å². The lowest BCUT2D eigenvalue weighted by molar-refractivity contribution is -0.143. The number of anilines is 1. The molecule has 1 aliphatic carbocycles. The first kappa shape index (κ1) is 23.9. The Balaban J connectivity index is 1.53. The molecule has 0 bridgehead atoms. The summed E-state index contributed by atoms with van der Waals surface area (Å²) in [4.78, 5) is 25.7. The SMILES string of the molecule is O=C(NN1CCCCC1=O)C1NN(c2ccc(Cl)cc2Cl)C2=C1CCC/C2=C\c1ccc(F)cc1. The minimum Gasteiger partial charge on any atom is -0.274 e. The first-order chi connectivity index (χ1) is 16.9. The highest BCUT2D eigenvalue weighted by Gasteiger charge is 2.40. The first-order valence-electron chi connectivity index (χ1n) is 11.7. The van der Waals surface area contributed by atoms with E-state index in [1.807, 2.05) is 11.1 Å². The lowest BCUT2D eigenvalue weighted by Crippen LogP contribution is -2.55. The van der Waals surface area contributed by atoms with Gasteiger partial charge < -0.3 is 0 Å². The van der Waals surface area contributed by atoms with Gasteiger partial charge in [0.2, 0.25) is 5.91 Å². The largest absolute Gasteiger partial charge is 0.274 e. The van der Waals surface area contributed by atoms with Gasteiger partial charge >= 0.3 is 0 Å². The zero-order valence-electron chi connectivity index (χ0n) is 19.0. The summed E-state index contributed by atoms with van der Waals surface area (Å²) >= 11 is 12.7. The second kappa shape index (κ2) is 10.0. The average molecular weight is 515 g/mol. The van der Waals surface area contributed by atoms with E-state index in [2.05, 4.69) is 10.9 Å². The van der Waals surface area contributed by atoms with Crippen molar-refractivity contribution in [2.75, 3.05) is 11.6 Å². The van der Waals surface area contributed by atoms with Gasteiger partial charge in [-0.1, -0.05) is 35.3 Å². The van der Waals surface area contributed by atoms with E-state index in [9.17, 15) is 14.0 Å². The number of amides is 2. The number of carbonyl (C=O) groups excluding carboxylic acids is 2. The molecule has 2 aromatic rings. The number of nitrogens with one attached hydrogen (secondary N) is 2. The summed E-state index contributed by atoms with van der Waals surface area (Å²) in [6, 6.07) is 10.9. The van der Waals surface area contributed by atoms with Gasteiger partial charge in [-0.05, 0) is 85.2 Å². The van der Waals surface area contributed by atoms with Crippen LogP contribution in [0.5, 0.6) is 0 Å². The van der Waals surface area contributed by atoms with Crippen LogP contribution in [0.4, 0.5) is 10.1 Å². The fourth-order valence-corrected chi connectivity index (χ4v) is 5.34. The Morgan fingerprint density at radius 1 is 1.06 bits per heavy atom. The fraction of sp³-hybridized carbons (Fsp3) is 0.308. The predicted octanol–water partition coefficient (Wildman–Crippen LogP) is 5.39. The third-order valence-electron chi connectivity index (χ3n) is 6.52. The molecule has 0 radical (unpaired) electrons. The topological polar surface area (TPSA) is 64.7 Å². The van der Waals surface area contributed by atoms with Crippen molar-refractivity contribution in [3.63, 3.8) is 0 Å². The minimum absolute atomic E-state index is 0.0741. The number of rotatable bonds is 4. The van der Waals surface area contributed by atoms with Crippen LogP contribution in [0.25, 0.3) is 6.08 Å². The molecule has 2 heterocycles. The highest BCUT2D eigenvalue weighted by molar-refractivity contribution is 6.36. The van der Waals surface area contributed by atoms with Crippen LogP contribution in [0, 0.1) is 5.82 Å². The molecule has 1 atom stereocenters. The summed E-state index contributed by atoms with van der Waals surface area (Å²) in [7, 11) is 0. The van der Waals surface area contributed by atoms with Crippen molar-refractivity contribution in [3.05, 3.63) is 80.7 Å². The molecule has 35 heavy (non-hydrogen) atoms. The minimum atomic E-state index is -0.664. The highest BCUT2D eigenvalue weighted by atomic mass is 35.5. The Morgan fingerprint density at radius 2 is 1.86 bits per heavy atom. The number of halogens is 3. The normalized spacial score (nSPS) is 21.5. The summed E-state index contributed by atoms with van der Waals surface area (Å²) in [6.45, 7) is 0.506. The van der Waals surface area contributed by atoms with Crippen molar-refractivity contribution in [1.29, 1.82) is 0 Å². The van der Waals surface area contributed by atoms with Gasteiger partial charge in [-0.25, -0.2) is 9.82 Å². The average Bonchev–Trinajstić information content (AvgIpc) is 3.23. The highest BCUT2D eigenvalue weighted by Crippen LogP contribution is 2.42. The van der Waals surface area contributed by atoms with Crippen molar-refractivity contribution in [2.24, 2.45) is 0 Å². The Bertz CT molecular complexity index is 1230. The van der Waals surface area contributed by atoms with Crippen molar-refractivity contribution in [3.8, 4) is 0 Å². The molecule has 0 aromatic heterocycles. The predicted molar refractivity (Wildman–Crippen MR) is 135 cm³/mol. The van der Waals surface area contributed by atoms with E-state index < -0.39 is 6.04 Å². The fourth-order valence-electron chi connectivity index (χ4n) is 4.84. The molecule has 5 rings (SSSR count). The molecule has 1 fully saturated rings. The van der Waals surface area contributed by atoms with Gasteiger partial charge in [-0.15, -0.1) is 0 Å². The van der Waals surface area contributed by atoms with Crippen LogP contribution in [0.15, 0.2) is 59.3 Å². The van der Waals surface area contributed by atoms with Gasteiger partial charge in [-0.2, -0.15) is 0 Å². The van der Waals surface area contributed by atoms with Crippen LogP contribution in [0.1, 0.15) is 44.1 Å². The van der Waals surface area contributed by atoms with Crippen molar-refractivity contribution < 1.29 is 14.0 Å². The van der Waals surface area contributed by atoms with E-state index >= 15 is 0 Å². The second-order valence-electron chi connectivity index (χ2n) is 8.92. The quantitative estimate of drug-likeness (QED) is 0.573. The summed E-state index contributed by atoms with van der Waals surface area (Å²) in [5, 5.41) is 4.21. The molecule has 6 nitrogen and oxygen atoms in total. The molecule has 1 saturated heterocycles. The van der Waals surface area contributed by atoms with Crippen LogP contribution in [-0.4, -0.2) is 29.4 Å². The number of benzene rings is 2. The zero-order chi connectivity index (χ0) is 24.5. The number of piperidine rings is 1. The molecular weight excluding hydrogens is 490 g/mol. The van der Waals surface area contributed by atoms with E-state index in [1.54, 1.807) is 30.3 Å². The standard InChI is InChI=1S/C26H25Cl2FN4O2/c27-18-9-12-22(21(28)15-18)33-25-17(14-16-7-10-19(29)11-8-16)4-3-5-20(25)24(30-33)26(35)31-32-13-2-1-6-23(32)34/h7-12,14-15,24,30H,1-6,13H2,(H,31,35)/b17-14+. The van der Waals surface area contributed by atoms with Gasteiger partial charge in [0.05, 0.1) is 16.4 Å². The molecule has 0 saturated carbocycles. The smallest absolute Gasteiger partial charge is 0.261 e. The number of hydrazine groups is 2. The summed E-state index contributed by atoms with van der Waals surface area (Å²) in [6.07, 6.45) is 6.51. The maximum Gasteiger partial charge on any atom is 0.261 e. The van der Waals surface area contributed by atoms with Crippen LogP contribution in [-0.2, 0) is 9.59 Å². The lowest BCUT2D eigenvalue weighted by atomic mass is 9.87. The van der Waals surface area contributed by atoms with E-state index in [4.69, 9.17) is 23.2 Å². The molecule has 2 aliphatic heterocycles. The van der Waals surface area contributed by atoms with Gasteiger partial charge in [0, 0.05) is 18.0 Å². The van der Waals surface area contributed by atoms with Gasteiger partial charge in [0.15, 0.2) is 0 Å². The van der Waals surface area contributed by atoms with Crippen molar-refractivity contribution in [2.45, 2.75) is 44.6 Å². The molecule has 2 amide bonds. The molecule has 2 N–H and O–H groups in total. The van der Waals surface area contributed by atoms with Gasteiger partial charge in [0.1, 0.15) is 11.9 Å². The summed E-state index contributed by atoms with van der Waals surface area (Å²) < 4.78 is 13.5. The molecule has 2 aromatic carbocycles. The molecule has 9 heteroatoms. The Labute approximate surface area is 213 Å². The van der Waals surface area contributed by atoms with E-state index in [0.29, 0.717) is 28.7 Å². The van der Waals surface area contributed by atoms with Crippen molar-refractivity contribution >= 4 is 46.8 Å². The molecule has 3 aliphatic rings. The number of carbonyl (C=O) groups is 2. The first-order valence-corrected chi connectivity index (χ1v) is 12.5. The molecule has 182 valence electrons. The van der Waals surface area contributed by atoms with Crippen LogP contribution >= 0.6 is 23.2 Å². The third-order valence-corrected chi connectivity index (χ3v) is 7.06. The maximum atomic E-state index is 13.5. The number of hydrogen-bond acceptors (Lipinski definition) is 4. The Hall–Kier alpha value is -2.87. The zero-order valence-corrected chi connectivity index (χ0v) is 20.5. The van der Waals surface area contributed by atoms with Crippen LogP contribution < -0.4 is 15.9 Å². The van der Waals surface area contributed by atoms with E-state index in [0.717, 1.165) is 54.5 Å². The number of nitrogens with zero attached hydrogens (tertiary/aromatic N) is 2. The molecule has 1 unspecified atom stereocenters. The van der Waals surface area contributed by atoms with Crippen molar-refractivity contribution in [1.82, 2.24) is 15.9 Å². The maximum absolute atomic E-state index is 13.5. The number of allylic oxidation sites excluding steroid dienone is 1. The Morgan fingerprint density at radius 3 is 2.60 bits per heavy atom. The molecular formula is C26H25Cl2FN4O2. The monoisotopic (exact) mass is 514 g/mol. The molecule has 0 spiro atoms. The van der Waals surface area contributed by atoms with E-state index in [1.165, 1.54) is 17.1 Å². The number of hydrogen-bond donors (Lipinski definition) is 2. The summed E-state index contributed by atoms with van der Waals surface area (Å²) in [5.41, 5.74) is 10.5. The van der Waals surface area contributed by atoms with Crippen LogP contribution in [0.2, 0.25) is 10.0 Å². The third kappa shape index (κ3) is 4.94. The Kier molecular flexibility index (Phi) is 6.82. The van der Waals surface area contributed by atoms with E-state index in [-0.39, 0.29) is 17.6 Å². The van der Waals surface area contributed by atoms with Gasteiger partial charge in [0.25, 0.3) is 5.91 Å². The second-order valence-corrected chi connectivity index (χ2v) is 9.76. The van der Waals surface area contributed by atoms with Gasteiger partial charge in [-0.3, -0.25) is 25.0 Å². The lowest BCUT2D eigenvalue weighted by Gasteiger charge is -2.29.